The Labute approximate surface area is 149 Å². The van der Waals surface area contributed by atoms with Crippen LogP contribution in [0.1, 0.15) is 44.5 Å². The summed E-state index contributed by atoms with van der Waals surface area (Å²) in [6.07, 6.45) is 0.435. The molecular formula is C17H31N5O3. The van der Waals surface area contributed by atoms with Gasteiger partial charge < -0.3 is 25.1 Å². The van der Waals surface area contributed by atoms with Gasteiger partial charge in [-0.1, -0.05) is 13.8 Å². The van der Waals surface area contributed by atoms with Crippen LogP contribution >= 0.6 is 0 Å². The molecular weight excluding hydrogens is 322 g/mol. The van der Waals surface area contributed by atoms with Gasteiger partial charge in [0, 0.05) is 19.6 Å². The van der Waals surface area contributed by atoms with E-state index in [-0.39, 0.29) is 6.04 Å². The molecule has 0 aliphatic heterocycles. The zero-order chi connectivity index (χ0) is 18.8. The summed E-state index contributed by atoms with van der Waals surface area (Å²) in [7, 11) is 1.69. The van der Waals surface area contributed by atoms with Crippen molar-refractivity contribution in [2.24, 2.45) is 10.9 Å². The van der Waals surface area contributed by atoms with E-state index in [1.807, 2.05) is 13.8 Å². The first kappa shape index (κ1) is 20.8. The second-order valence-corrected chi connectivity index (χ2v) is 6.25. The molecule has 0 aliphatic rings. The van der Waals surface area contributed by atoms with E-state index in [0.29, 0.717) is 37.5 Å². The Morgan fingerprint density at radius 3 is 2.56 bits per heavy atom. The molecule has 1 unspecified atom stereocenters. The van der Waals surface area contributed by atoms with E-state index < -0.39 is 6.09 Å². The van der Waals surface area contributed by atoms with Gasteiger partial charge in [-0.2, -0.15) is 0 Å². The highest BCUT2D eigenvalue weighted by Gasteiger charge is 2.15. The van der Waals surface area contributed by atoms with Gasteiger partial charge in [-0.3, -0.25) is 4.99 Å². The lowest BCUT2D eigenvalue weighted by Gasteiger charge is -2.22. The number of aromatic nitrogens is 1. The molecule has 0 fully saturated rings. The Morgan fingerprint density at radius 2 is 2.04 bits per heavy atom. The number of guanidine groups is 1. The third kappa shape index (κ3) is 7.91. The highest BCUT2D eigenvalue weighted by Crippen LogP contribution is 2.07. The number of rotatable bonds is 8. The summed E-state index contributed by atoms with van der Waals surface area (Å²) in [5, 5.41) is 9.24. The van der Waals surface area contributed by atoms with Gasteiger partial charge in [0.25, 0.3) is 0 Å². The fraction of sp³-hybridized carbons (Fsp3) is 0.706. The van der Waals surface area contributed by atoms with E-state index in [4.69, 9.17) is 9.15 Å². The topological polar surface area (TPSA) is 101 Å². The van der Waals surface area contributed by atoms with E-state index in [9.17, 15) is 4.79 Å². The lowest BCUT2D eigenvalue weighted by Crippen LogP contribution is -2.47. The minimum absolute atomic E-state index is 0.0520. The van der Waals surface area contributed by atoms with Crippen LogP contribution in [-0.4, -0.2) is 43.3 Å². The molecule has 0 bridgehead atoms. The van der Waals surface area contributed by atoms with Crippen molar-refractivity contribution >= 4 is 12.1 Å². The third-order valence-electron chi connectivity index (χ3n) is 3.57. The van der Waals surface area contributed by atoms with Crippen LogP contribution in [0.2, 0.25) is 0 Å². The molecule has 0 radical (unpaired) electrons. The largest absolute Gasteiger partial charge is 0.450 e. The Kier molecular flexibility index (Phi) is 8.80. The molecule has 1 heterocycles. The van der Waals surface area contributed by atoms with Gasteiger partial charge in [0.1, 0.15) is 5.76 Å². The van der Waals surface area contributed by atoms with E-state index in [2.05, 4.69) is 39.8 Å². The molecule has 1 rings (SSSR count). The fourth-order valence-electron chi connectivity index (χ4n) is 2.32. The van der Waals surface area contributed by atoms with Crippen molar-refractivity contribution in [2.45, 2.75) is 53.6 Å². The summed E-state index contributed by atoms with van der Waals surface area (Å²) in [4.78, 5) is 20.2. The summed E-state index contributed by atoms with van der Waals surface area (Å²) in [5.74, 6) is 2.49. The fourth-order valence-corrected chi connectivity index (χ4v) is 2.32. The molecule has 1 aromatic heterocycles. The minimum Gasteiger partial charge on any atom is -0.450 e. The maximum Gasteiger partial charge on any atom is 0.407 e. The van der Waals surface area contributed by atoms with Crippen LogP contribution in [-0.2, 0) is 11.3 Å². The van der Waals surface area contributed by atoms with Crippen LogP contribution in [0, 0.1) is 19.8 Å². The molecule has 1 aromatic rings. The van der Waals surface area contributed by atoms with Gasteiger partial charge in [-0.25, -0.2) is 9.78 Å². The van der Waals surface area contributed by atoms with E-state index >= 15 is 0 Å². The molecule has 0 saturated heterocycles. The highest BCUT2D eigenvalue weighted by molar-refractivity contribution is 5.79. The lowest BCUT2D eigenvalue weighted by atomic mass is 10.0. The summed E-state index contributed by atoms with van der Waals surface area (Å²) >= 11 is 0. The van der Waals surface area contributed by atoms with Crippen molar-refractivity contribution in [2.75, 3.05) is 20.2 Å². The molecule has 0 spiro atoms. The predicted octanol–water partition coefficient (Wildman–Crippen LogP) is 2.12. The number of aliphatic imine (C=N–C) groups is 1. The Hall–Kier alpha value is -2.25. The molecule has 25 heavy (non-hydrogen) atoms. The number of oxazole rings is 1. The number of nitrogens with one attached hydrogen (secondary N) is 3. The smallest absolute Gasteiger partial charge is 0.407 e. The maximum atomic E-state index is 11.7. The average Bonchev–Trinajstić information content (AvgIpc) is 2.85. The van der Waals surface area contributed by atoms with Crippen LogP contribution in [0.25, 0.3) is 0 Å². The van der Waals surface area contributed by atoms with Gasteiger partial charge in [-0.15, -0.1) is 0 Å². The van der Waals surface area contributed by atoms with Gasteiger partial charge in [-0.05, 0) is 33.1 Å². The van der Waals surface area contributed by atoms with Gasteiger partial charge in [0.05, 0.1) is 18.8 Å². The predicted molar refractivity (Wildman–Crippen MR) is 97.6 cm³/mol. The van der Waals surface area contributed by atoms with Crippen molar-refractivity contribution in [3.05, 3.63) is 17.3 Å². The minimum atomic E-state index is -0.399. The number of amides is 1. The van der Waals surface area contributed by atoms with Crippen LogP contribution in [0.15, 0.2) is 9.41 Å². The van der Waals surface area contributed by atoms with E-state index in [1.165, 1.54) is 0 Å². The first-order chi connectivity index (χ1) is 11.8. The third-order valence-corrected chi connectivity index (χ3v) is 3.57. The van der Waals surface area contributed by atoms with Gasteiger partial charge >= 0.3 is 6.09 Å². The summed E-state index contributed by atoms with van der Waals surface area (Å²) < 4.78 is 10.5. The molecule has 142 valence electrons. The first-order valence-electron chi connectivity index (χ1n) is 8.66. The standard InChI is InChI=1S/C17H31N5O3/c1-7-24-17(23)22-14(8-11(2)3)9-19-16(18-6)20-10-15-21-12(4)13(5)25-15/h11,14H,7-10H2,1-6H3,(H,22,23)(H2,18,19,20). The lowest BCUT2D eigenvalue weighted by molar-refractivity contribution is 0.146. The number of alkyl carbamates (subject to hydrolysis) is 1. The highest BCUT2D eigenvalue weighted by atomic mass is 16.5. The quantitative estimate of drug-likeness (QED) is 0.489. The Balaban J connectivity index is 2.51. The normalized spacial score (nSPS) is 12.8. The second kappa shape index (κ2) is 10.6. The molecule has 8 nitrogen and oxygen atoms in total. The van der Waals surface area contributed by atoms with Crippen molar-refractivity contribution in [1.29, 1.82) is 0 Å². The molecule has 0 saturated carbocycles. The summed E-state index contributed by atoms with van der Waals surface area (Å²) in [6.45, 7) is 11.1. The molecule has 3 N–H and O–H groups in total. The Bertz CT molecular complexity index is 549. The van der Waals surface area contributed by atoms with E-state index in [0.717, 1.165) is 17.9 Å². The zero-order valence-electron chi connectivity index (χ0n) is 16.1. The number of aryl methyl sites for hydroxylation is 2. The molecule has 1 amide bonds. The van der Waals surface area contributed by atoms with Crippen LogP contribution in [0.5, 0.6) is 0 Å². The molecule has 1 atom stereocenters. The summed E-state index contributed by atoms with van der Waals surface area (Å²) in [6, 6.07) is -0.0520. The Morgan fingerprint density at radius 1 is 1.32 bits per heavy atom. The van der Waals surface area contributed by atoms with Crippen molar-refractivity contribution in [3.63, 3.8) is 0 Å². The van der Waals surface area contributed by atoms with Crippen LogP contribution in [0.3, 0.4) is 0 Å². The van der Waals surface area contributed by atoms with Crippen molar-refractivity contribution in [3.8, 4) is 0 Å². The molecule has 0 aliphatic carbocycles. The number of ether oxygens (including phenoxy) is 1. The first-order valence-corrected chi connectivity index (χ1v) is 8.66. The molecule has 8 heteroatoms. The number of carbonyl (C=O) groups is 1. The SMILES string of the molecule is CCOC(=O)NC(CNC(=NC)NCc1nc(C)c(C)o1)CC(C)C. The van der Waals surface area contributed by atoms with E-state index in [1.54, 1.807) is 14.0 Å². The average molecular weight is 353 g/mol. The monoisotopic (exact) mass is 353 g/mol. The number of hydrogen-bond acceptors (Lipinski definition) is 5. The van der Waals surface area contributed by atoms with Crippen LogP contribution < -0.4 is 16.0 Å². The van der Waals surface area contributed by atoms with Gasteiger partial charge in [0.2, 0.25) is 5.89 Å². The van der Waals surface area contributed by atoms with Crippen LogP contribution in [0.4, 0.5) is 4.79 Å². The van der Waals surface area contributed by atoms with Crippen molar-refractivity contribution in [1.82, 2.24) is 20.9 Å². The molecule has 0 aromatic carbocycles. The van der Waals surface area contributed by atoms with Gasteiger partial charge in [0.15, 0.2) is 5.96 Å². The number of nitrogens with zero attached hydrogens (tertiary/aromatic N) is 2. The zero-order valence-corrected chi connectivity index (χ0v) is 16.1. The van der Waals surface area contributed by atoms with Crippen molar-refractivity contribution < 1.29 is 13.9 Å². The number of hydrogen-bond donors (Lipinski definition) is 3. The maximum absolute atomic E-state index is 11.7. The summed E-state index contributed by atoms with van der Waals surface area (Å²) in [5.41, 5.74) is 0.885. The number of carbonyl (C=O) groups excluding carboxylic acids is 1. The second-order valence-electron chi connectivity index (χ2n) is 6.25.